The molecule has 6 aromatic rings. The fourth-order valence-electron chi connectivity index (χ4n) is 10.9. The molecular weight excluding hydrogens is 963 g/mol. The van der Waals surface area contributed by atoms with Crippen LogP contribution in [0.25, 0.3) is 21.8 Å². The average molecular weight is 1030 g/mol. The maximum Gasteiger partial charge on any atom is 0.254 e. The normalized spacial score (nSPS) is 21.0. The first-order valence-electron chi connectivity index (χ1n) is 25.6. The number of nitrogens with two attached hydrogens (primary N) is 1. The number of aryl methyl sites for hydroxylation is 1. The van der Waals surface area contributed by atoms with E-state index < -0.39 is 18.1 Å². The van der Waals surface area contributed by atoms with Crippen LogP contribution in [0.5, 0.6) is 17.5 Å². The number of hydrogen-bond donors (Lipinski definition) is 4. The third-order valence-electron chi connectivity index (χ3n) is 14.8. The molecule has 74 heavy (non-hydrogen) atoms. The summed E-state index contributed by atoms with van der Waals surface area (Å²) >= 11 is 1.53. The number of para-hydroxylation sites is 1. The van der Waals surface area contributed by atoms with Crippen LogP contribution in [0, 0.1) is 12.8 Å². The van der Waals surface area contributed by atoms with Crippen LogP contribution in [0.15, 0.2) is 83.1 Å². The number of amides is 2. The first kappa shape index (κ1) is 50.6. The first-order valence-corrected chi connectivity index (χ1v) is 26.5. The number of nitrogens with zero attached hydrogens (tertiary/aromatic N) is 11. The SMILES string of the molecule is Cc1ncsc1-c1ccc([C@H](C)NC(=O)[C@@H]2C[C@@H](O)CN2C(=O)[C@@H](c2cc(OCCN3CCN(CCOc4cc(N5C6CCC5CN(c5cc(-c7ccccc7O)nnc5N)C6)ccn4)CC3)no2)C(C)C)cn1. The molecule has 6 atom stereocenters. The van der Waals surface area contributed by atoms with E-state index in [2.05, 4.69) is 67.4 Å². The number of ether oxygens (including phenoxy) is 2. The molecule has 2 amide bonds. The van der Waals surface area contributed by atoms with E-state index in [1.807, 2.05) is 64.2 Å². The quantitative estimate of drug-likeness (QED) is 0.0871. The van der Waals surface area contributed by atoms with E-state index in [-0.39, 0.29) is 54.6 Å². The van der Waals surface area contributed by atoms with Crippen molar-refractivity contribution in [1.82, 2.24) is 50.3 Å². The Bertz CT molecular complexity index is 2880. The zero-order valence-corrected chi connectivity index (χ0v) is 43.1. The molecule has 4 aliphatic heterocycles. The van der Waals surface area contributed by atoms with Crippen LogP contribution in [0.3, 0.4) is 0 Å². The van der Waals surface area contributed by atoms with E-state index in [4.69, 9.17) is 19.7 Å². The maximum atomic E-state index is 14.2. The fraction of sp³-hybridized carbons (Fsp3) is 0.472. The summed E-state index contributed by atoms with van der Waals surface area (Å²) < 4.78 is 18.0. The van der Waals surface area contributed by atoms with Gasteiger partial charge in [-0.3, -0.25) is 24.4 Å². The van der Waals surface area contributed by atoms with Crippen LogP contribution < -0.4 is 30.3 Å². The molecule has 4 saturated heterocycles. The van der Waals surface area contributed by atoms with E-state index >= 15 is 0 Å². The number of phenolic OH excluding ortho intramolecular Hbond substituents is 1. The summed E-state index contributed by atoms with van der Waals surface area (Å²) in [5.74, 6) is 0.224. The number of aliphatic hydroxyl groups excluding tert-OH is 1. The number of fused-ring (bicyclic) bond motifs is 2. The number of nitrogen functional groups attached to an aromatic ring is 1. The van der Waals surface area contributed by atoms with Gasteiger partial charge in [-0.1, -0.05) is 32.0 Å². The van der Waals surface area contributed by atoms with Gasteiger partial charge >= 0.3 is 0 Å². The minimum atomic E-state index is -0.851. The van der Waals surface area contributed by atoms with E-state index in [1.54, 1.807) is 29.9 Å². The number of likely N-dealkylation sites (tertiary alicyclic amines) is 1. The molecule has 0 aliphatic carbocycles. The Morgan fingerprint density at radius 1 is 0.878 bits per heavy atom. The van der Waals surface area contributed by atoms with Crippen molar-refractivity contribution in [1.29, 1.82) is 0 Å². The molecule has 1 aromatic carbocycles. The average Bonchev–Trinajstić information content (AvgIpc) is 4.20. The Kier molecular flexibility index (Phi) is 15.2. The first-order chi connectivity index (χ1) is 35.9. The smallest absolute Gasteiger partial charge is 0.254 e. The van der Waals surface area contributed by atoms with Crippen LogP contribution in [0.1, 0.15) is 69.0 Å². The number of aromatic nitrogens is 6. The Labute approximate surface area is 434 Å². The number of anilines is 3. The molecule has 21 heteroatoms. The molecule has 5 N–H and O–H groups in total. The predicted octanol–water partition coefficient (Wildman–Crippen LogP) is 5.15. The second kappa shape index (κ2) is 22.3. The Morgan fingerprint density at radius 3 is 2.28 bits per heavy atom. The minimum Gasteiger partial charge on any atom is -0.507 e. The number of carbonyl (C=O) groups excluding carboxylic acids is 2. The van der Waals surface area contributed by atoms with Crippen LogP contribution in [-0.2, 0) is 9.59 Å². The van der Waals surface area contributed by atoms with Crippen molar-refractivity contribution in [2.45, 2.75) is 83.1 Å². The van der Waals surface area contributed by atoms with Crippen LogP contribution in [0.2, 0.25) is 0 Å². The topological polar surface area (TPSA) is 238 Å². The summed E-state index contributed by atoms with van der Waals surface area (Å²) in [6, 6.07) is 18.0. The molecule has 0 spiro atoms. The lowest BCUT2D eigenvalue weighted by Gasteiger charge is -2.43. The maximum absolute atomic E-state index is 14.2. The lowest BCUT2D eigenvalue weighted by atomic mass is 9.91. The molecule has 0 radical (unpaired) electrons. The van der Waals surface area contributed by atoms with Gasteiger partial charge in [0.2, 0.25) is 17.7 Å². The van der Waals surface area contributed by atoms with Crippen LogP contribution in [0.4, 0.5) is 17.2 Å². The molecule has 5 aromatic heterocycles. The zero-order chi connectivity index (χ0) is 51.5. The second-order valence-electron chi connectivity index (χ2n) is 20.1. The van der Waals surface area contributed by atoms with Gasteiger partial charge in [-0.15, -0.1) is 21.5 Å². The van der Waals surface area contributed by atoms with E-state index in [0.29, 0.717) is 54.4 Å². The molecule has 10 rings (SSSR count). The molecule has 0 saturated carbocycles. The van der Waals surface area contributed by atoms with Gasteiger partial charge in [0.15, 0.2) is 11.6 Å². The number of phenols is 1. The van der Waals surface area contributed by atoms with E-state index in [0.717, 1.165) is 91.9 Å². The van der Waals surface area contributed by atoms with Gasteiger partial charge in [0.05, 0.1) is 45.3 Å². The Morgan fingerprint density at radius 2 is 1.61 bits per heavy atom. The number of rotatable bonds is 18. The number of carbonyl (C=O) groups is 2. The van der Waals surface area contributed by atoms with Crippen molar-refractivity contribution in [3.8, 4) is 39.3 Å². The van der Waals surface area contributed by atoms with Gasteiger partial charge in [-0.25, -0.2) is 9.97 Å². The number of aliphatic hydroxyl groups is 1. The third kappa shape index (κ3) is 11.1. The van der Waals surface area contributed by atoms with Crippen molar-refractivity contribution in [2.75, 3.05) is 87.7 Å². The van der Waals surface area contributed by atoms with Crippen LogP contribution >= 0.6 is 11.3 Å². The Hall–Kier alpha value is -6.94. The molecule has 4 aliphatic rings. The highest BCUT2D eigenvalue weighted by atomic mass is 32.1. The summed E-state index contributed by atoms with van der Waals surface area (Å²) in [6.07, 6.45) is 4.99. The van der Waals surface area contributed by atoms with E-state index in [9.17, 15) is 19.8 Å². The molecule has 4 fully saturated rings. The number of β-amino-alcohol motifs (C(OH)–C–C–N with tert-alkyl or cyclic N) is 1. The van der Waals surface area contributed by atoms with Crippen molar-refractivity contribution < 1.29 is 33.8 Å². The Balaban J connectivity index is 0.655. The number of hydrogen-bond acceptors (Lipinski definition) is 19. The van der Waals surface area contributed by atoms with Crippen molar-refractivity contribution in [3.63, 3.8) is 0 Å². The fourth-order valence-corrected chi connectivity index (χ4v) is 11.6. The van der Waals surface area contributed by atoms with Gasteiger partial charge in [0.25, 0.3) is 5.88 Å². The van der Waals surface area contributed by atoms with Gasteiger partial charge in [0, 0.05) is 113 Å². The number of thiazole rings is 1. The highest BCUT2D eigenvalue weighted by molar-refractivity contribution is 7.13. The second-order valence-corrected chi connectivity index (χ2v) is 21.0. The number of piperazine rings is 2. The highest BCUT2D eigenvalue weighted by Gasteiger charge is 2.44. The van der Waals surface area contributed by atoms with Gasteiger partial charge in [-0.05, 0) is 73.7 Å². The summed E-state index contributed by atoms with van der Waals surface area (Å²) in [5.41, 5.74) is 13.9. The third-order valence-corrected chi connectivity index (χ3v) is 15.8. The summed E-state index contributed by atoms with van der Waals surface area (Å²) in [7, 11) is 0. The highest BCUT2D eigenvalue weighted by Crippen LogP contribution is 2.40. The van der Waals surface area contributed by atoms with Crippen molar-refractivity contribution in [2.24, 2.45) is 5.92 Å². The van der Waals surface area contributed by atoms with Crippen LogP contribution in [-0.4, -0.2) is 163 Å². The minimum absolute atomic E-state index is 0.0395. The van der Waals surface area contributed by atoms with Gasteiger partial charge in [0.1, 0.15) is 30.9 Å². The largest absolute Gasteiger partial charge is 0.507 e. The summed E-state index contributed by atoms with van der Waals surface area (Å²) in [6.45, 7) is 15.2. The molecule has 20 nitrogen and oxygen atoms in total. The zero-order valence-electron chi connectivity index (χ0n) is 42.3. The van der Waals surface area contributed by atoms with Crippen molar-refractivity contribution in [3.05, 3.63) is 95.6 Å². The number of pyridine rings is 2. The van der Waals surface area contributed by atoms with Crippen molar-refractivity contribution >= 4 is 40.3 Å². The molecular formula is C53H65N13O7S. The summed E-state index contributed by atoms with van der Waals surface area (Å²) in [4.78, 5) is 53.4. The number of benzene rings is 1. The lowest BCUT2D eigenvalue weighted by molar-refractivity contribution is -0.141. The molecule has 9 heterocycles. The monoisotopic (exact) mass is 1030 g/mol. The van der Waals surface area contributed by atoms with Gasteiger partial charge in [-0.2, -0.15) is 0 Å². The van der Waals surface area contributed by atoms with E-state index in [1.165, 1.54) is 16.2 Å². The van der Waals surface area contributed by atoms with Gasteiger partial charge < -0.3 is 50.0 Å². The molecule has 390 valence electrons. The number of nitrogens with one attached hydrogen (secondary N) is 1. The molecule has 2 unspecified atom stereocenters. The molecule has 2 bridgehead atoms. The predicted molar refractivity (Wildman–Crippen MR) is 280 cm³/mol. The summed E-state index contributed by atoms with van der Waals surface area (Å²) in [5, 5.41) is 36.9. The lowest BCUT2D eigenvalue weighted by Crippen LogP contribution is -2.54. The number of aromatic hydroxyl groups is 1. The standard InChI is InChI=1S/C53H65N13O7S/c1-32(2)49(53(70)65-30-39(67)24-44(65)52(69)58-33(3)35-9-12-41(56-27-35)50-34(4)57-31-74-50)46-26-48(61-73-46)72-22-20-63-17-15-62(16-18-63)19-21-71-47-23-36(13-14-55-47)66-37-10-11-38(66)29-64(28-37)43-25-42(59-60-51(43)54)40-7-5-6-8-45(40)68/h5-9,12-14,23,25-27,31-33,37-39,44,49,67-68H,10-11,15-22,24,28-30H2,1-4H3,(H2,54,60)(H,58,69)/t33-,37?,38?,39+,44-,49+/m0/s1.